The topological polar surface area (TPSA) is 14.2 Å². The van der Waals surface area contributed by atoms with Gasteiger partial charge in [0.1, 0.15) is 5.75 Å². The van der Waals surface area contributed by atoms with Gasteiger partial charge in [0.25, 0.3) is 0 Å². The molecule has 0 spiro atoms. The van der Waals surface area contributed by atoms with Crippen molar-refractivity contribution in [3.8, 4) is 23.8 Å². The third kappa shape index (κ3) is 4.04. The standard InChI is InChI=1S/C26H24BrNO/c1-3-5-6-7-16-29-22-12-10-21(11-13-22)28-25-14-8-19(4-2)17-23(25)24-18-20(27)9-15-26(24)28/h2,8-15,17-18H,3,5-7,16H2,1H3. The van der Waals surface area contributed by atoms with E-state index in [0.29, 0.717) is 0 Å². The molecule has 0 saturated carbocycles. The Morgan fingerprint density at radius 3 is 2.34 bits per heavy atom. The second-order valence-electron chi connectivity index (χ2n) is 7.28. The largest absolute Gasteiger partial charge is 0.494 e. The van der Waals surface area contributed by atoms with Crippen molar-refractivity contribution in [2.45, 2.75) is 32.6 Å². The van der Waals surface area contributed by atoms with Gasteiger partial charge in [-0.15, -0.1) is 6.42 Å². The van der Waals surface area contributed by atoms with Gasteiger partial charge in [0.15, 0.2) is 0 Å². The third-order valence-corrected chi connectivity index (χ3v) is 5.75. The van der Waals surface area contributed by atoms with Crippen LogP contribution < -0.4 is 4.74 Å². The van der Waals surface area contributed by atoms with Crippen molar-refractivity contribution < 1.29 is 4.74 Å². The Morgan fingerprint density at radius 2 is 1.62 bits per heavy atom. The number of nitrogens with zero attached hydrogens (tertiary/aromatic N) is 1. The third-order valence-electron chi connectivity index (χ3n) is 5.26. The van der Waals surface area contributed by atoms with E-state index in [4.69, 9.17) is 11.2 Å². The minimum atomic E-state index is 0.775. The van der Waals surface area contributed by atoms with E-state index in [9.17, 15) is 0 Å². The molecule has 0 aliphatic carbocycles. The fourth-order valence-corrected chi connectivity index (χ4v) is 4.13. The molecule has 29 heavy (non-hydrogen) atoms. The summed E-state index contributed by atoms with van der Waals surface area (Å²) in [4.78, 5) is 0. The van der Waals surface area contributed by atoms with Crippen molar-refractivity contribution in [3.05, 3.63) is 70.7 Å². The van der Waals surface area contributed by atoms with Crippen LogP contribution in [0.4, 0.5) is 0 Å². The summed E-state index contributed by atoms with van der Waals surface area (Å²) < 4.78 is 9.25. The van der Waals surface area contributed by atoms with E-state index in [0.717, 1.165) is 50.9 Å². The van der Waals surface area contributed by atoms with Crippen LogP contribution in [0.15, 0.2) is 65.1 Å². The van der Waals surface area contributed by atoms with Gasteiger partial charge in [-0.2, -0.15) is 0 Å². The van der Waals surface area contributed by atoms with Gasteiger partial charge in [0.05, 0.1) is 17.6 Å². The predicted molar refractivity (Wildman–Crippen MR) is 126 cm³/mol. The average molecular weight is 446 g/mol. The Hall–Kier alpha value is -2.70. The first kappa shape index (κ1) is 19.6. The van der Waals surface area contributed by atoms with Crippen molar-refractivity contribution in [2.75, 3.05) is 6.61 Å². The molecule has 4 aromatic rings. The molecule has 1 heterocycles. The van der Waals surface area contributed by atoms with E-state index in [1.807, 2.05) is 6.07 Å². The maximum Gasteiger partial charge on any atom is 0.119 e. The molecule has 0 N–H and O–H groups in total. The van der Waals surface area contributed by atoms with Crippen LogP contribution in [0.5, 0.6) is 5.75 Å². The summed E-state index contributed by atoms with van der Waals surface area (Å²) in [6, 6.07) is 20.9. The van der Waals surface area contributed by atoms with Crippen LogP contribution in [-0.4, -0.2) is 11.2 Å². The zero-order valence-electron chi connectivity index (χ0n) is 16.6. The van der Waals surface area contributed by atoms with Crippen LogP contribution in [0.2, 0.25) is 0 Å². The van der Waals surface area contributed by atoms with Crippen LogP contribution in [-0.2, 0) is 0 Å². The normalized spacial score (nSPS) is 11.1. The number of terminal acetylenes is 1. The van der Waals surface area contributed by atoms with Crippen molar-refractivity contribution in [3.63, 3.8) is 0 Å². The molecular formula is C26H24BrNO. The maximum atomic E-state index is 5.91. The smallest absolute Gasteiger partial charge is 0.119 e. The summed E-state index contributed by atoms with van der Waals surface area (Å²) in [6.07, 6.45) is 10.5. The zero-order valence-corrected chi connectivity index (χ0v) is 18.2. The van der Waals surface area contributed by atoms with Crippen molar-refractivity contribution in [1.82, 2.24) is 4.57 Å². The molecule has 0 bridgehead atoms. The lowest BCUT2D eigenvalue weighted by Gasteiger charge is -2.10. The second kappa shape index (κ2) is 8.76. The van der Waals surface area contributed by atoms with E-state index in [1.54, 1.807) is 0 Å². The Morgan fingerprint density at radius 1 is 0.897 bits per heavy atom. The Labute approximate surface area is 180 Å². The molecule has 0 saturated heterocycles. The molecule has 4 rings (SSSR count). The van der Waals surface area contributed by atoms with Gasteiger partial charge < -0.3 is 9.30 Å². The summed E-state index contributed by atoms with van der Waals surface area (Å²) in [7, 11) is 0. The lowest BCUT2D eigenvalue weighted by atomic mass is 10.1. The van der Waals surface area contributed by atoms with Crippen LogP contribution in [0, 0.1) is 12.3 Å². The Kier molecular flexibility index (Phi) is 5.92. The zero-order chi connectivity index (χ0) is 20.2. The Balaban J connectivity index is 1.70. The first-order chi connectivity index (χ1) is 14.2. The minimum absolute atomic E-state index is 0.775. The molecule has 0 atom stereocenters. The van der Waals surface area contributed by atoms with Crippen LogP contribution in [0.25, 0.3) is 27.5 Å². The van der Waals surface area contributed by atoms with E-state index in [-0.39, 0.29) is 0 Å². The number of aromatic nitrogens is 1. The van der Waals surface area contributed by atoms with E-state index in [2.05, 4.69) is 87.9 Å². The predicted octanol–water partition coefficient (Wildman–Crippen LogP) is 7.49. The number of unbranched alkanes of at least 4 members (excludes halogenated alkanes) is 3. The van der Waals surface area contributed by atoms with Crippen molar-refractivity contribution >= 4 is 37.7 Å². The number of ether oxygens (including phenoxy) is 1. The fourth-order valence-electron chi connectivity index (χ4n) is 3.77. The summed E-state index contributed by atoms with van der Waals surface area (Å²) in [5.41, 5.74) is 4.30. The molecule has 0 aliphatic rings. The Bertz CT molecular complexity index is 1180. The van der Waals surface area contributed by atoms with Crippen LogP contribution in [0.3, 0.4) is 0 Å². The van der Waals surface area contributed by atoms with E-state index < -0.39 is 0 Å². The van der Waals surface area contributed by atoms with Gasteiger partial charge in [-0.05, 0) is 67.1 Å². The number of fused-ring (bicyclic) bond motifs is 3. The second-order valence-corrected chi connectivity index (χ2v) is 8.19. The quantitative estimate of drug-likeness (QED) is 0.212. The highest BCUT2D eigenvalue weighted by Gasteiger charge is 2.13. The van der Waals surface area contributed by atoms with Crippen LogP contribution in [0.1, 0.15) is 38.2 Å². The van der Waals surface area contributed by atoms with Gasteiger partial charge >= 0.3 is 0 Å². The SMILES string of the molecule is C#Cc1ccc2c(c1)c1cc(Br)ccc1n2-c1ccc(OCCCCCC)cc1. The molecule has 0 fully saturated rings. The molecular weight excluding hydrogens is 422 g/mol. The number of hydrogen-bond donors (Lipinski definition) is 0. The molecule has 3 heteroatoms. The van der Waals surface area contributed by atoms with Gasteiger partial charge in [-0.3, -0.25) is 0 Å². The molecule has 0 aliphatic heterocycles. The van der Waals surface area contributed by atoms with Gasteiger partial charge in [-0.1, -0.05) is 48.0 Å². The lowest BCUT2D eigenvalue weighted by Crippen LogP contribution is -1.98. The summed E-state index contributed by atoms with van der Waals surface area (Å²) >= 11 is 3.60. The van der Waals surface area contributed by atoms with Crippen molar-refractivity contribution in [1.29, 1.82) is 0 Å². The van der Waals surface area contributed by atoms with Gasteiger partial charge in [-0.25, -0.2) is 0 Å². The summed E-state index contributed by atoms with van der Waals surface area (Å²) in [5, 5.41) is 2.34. The fraction of sp³-hybridized carbons (Fsp3) is 0.231. The lowest BCUT2D eigenvalue weighted by molar-refractivity contribution is 0.305. The molecule has 2 nitrogen and oxygen atoms in total. The number of rotatable bonds is 7. The molecule has 146 valence electrons. The maximum absolute atomic E-state index is 5.91. The first-order valence-electron chi connectivity index (χ1n) is 10.1. The molecule has 0 radical (unpaired) electrons. The highest BCUT2D eigenvalue weighted by atomic mass is 79.9. The van der Waals surface area contributed by atoms with Gasteiger partial charge in [0, 0.05) is 26.5 Å². The molecule has 0 amide bonds. The highest BCUT2D eigenvalue weighted by molar-refractivity contribution is 9.10. The monoisotopic (exact) mass is 445 g/mol. The number of benzene rings is 3. The van der Waals surface area contributed by atoms with Gasteiger partial charge in [0.2, 0.25) is 0 Å². The van der Waals surface area contributed by atoms with Crippen molar-refractivity contribution in [2.24, 2.45) is 0 Å². The molecule has 3 aromatic carbocycles. The highest BCUT2D eigenvalue weighted by Crippen LogP contribution is 2.34. The average Bonchev–Trinajstić information content (AvgIpc) is 3.07. The minimum Gasteiger partial charge on any atom is -0.494 e. The van der Waals surface area contributed by atoms with E-state index in [1.165, 1.54) is 24.6 Å². The first-order valence-corrected chi connectivity index (χ1v) is 10.9. The summed E-state index contributed by atoms with van der Waals surface area (Å²) in [5.74, 6) is 3.67. The number of halogens is 1. The molecule has 0 unspecified atom stereocenters. The van der Waals surface area contributed by atoms with E-state index >= 15 is 0 Å². The van der Waals surface area contributed by atoms with Crippen LogP contribution >= 0.6 is 15.9 Å². The summed E-state index contributed by atoms with van der Waals surface area (Å²) in [6.45, 7) is 3.00. The number of hydrogen-bond acceptors (Lipinski definition) is 1. The molecule has 1 aromatic heterocycles.